The molecule has 0 aliphatic carbocycles. The number of hydrogen-bond donors (Lipinski definition) is 1. The molecule has 1 aliphatic heterocycles. The SMILES string of the molecule is CC(C)[C@H](O)[C@@H](C)[C@@H]1O[C@@H]1C. The van der Waals surface area contributed by atoms with Crippen LogP contribution in [0.4, 0.5) is 0 Å². The summed E-state index contributed by atoms with van der Waals surface area (Å²) < 4.78 is 5.29. The van der Waals surface area contributed by atoms with Crippen LogP contribution in [-0.2, 0) is 4.74 Å². The van der Waals surface area contributed by atoms with E-state index in [1.807, 2.05) is 20.8 Å². The Morgan fingerprint density at radius 2 is 1.73 bits per heavy atom. The second-order valence-corrected chi connectivity index (χ2v) is 3.90. The molecule has 4 atom stereocenters. The Bertz CT molecular complexity index is 134. The zero-order chi connectivity index (χ0) is 8.59. The number of hydrogen-bond acceptors (Lipinski definition) is 2. The summed E-state index contributed by atoms with van der Waals surface area (Å²) in [5, 5.41) is 9.64. The lowest BCUT2D eigenvalue weighted by atomic mass is 9.91. The molecule has 1 heterocycles. The summed E-state index contributed by atoms with van der Waals surface area (Å²) in [6, 6.07) is 0. The number of aliphatic hydroxyl groups excluding tert-OH is 1. The minimum absolute atomic E-state index is 0.218. The summed E-state index contributed by atoms with van der Waals surface area (Å²) >= 11 is 0. The van der Waals surface area contributed by atoms with E-state index in [0.29, 0.717) is 18.1 Å². The van der Waals surface area contributed by atoms with Gasteiger partial charge in [0.1, 0.15) is 0 Å². The van der Waals surface area contributed by atoms with Crippen molar-refractivity contribution in [2.24, 2.45) is 11.8 Å². The number of rotatable bonds is 3. The smallest absolute Gasteiger partial charge is 0.0889 e. The Labute approximate surface area is 68.6 Å². The molecule has 1 fully saturated rings. The quantitative estimate of drug-likeness (QED) is 0.630. The van der Waals surface area contributed by atoms with Crippen molar-refractivity contribution in [2.45, 2.75) is 46.0 Å². The van der Waals surface area contributed by atoms with Gasteiger partial charge in [-0.3, -0.25) is 0 Å². The highest BCUT2D eigenvalue weighted by molar-refractivity contribution is 4.89. The molecule has 2 nitrogen and oxygen atoms in total. The first-order valence-electron chi connectivity index (χ1n) is 4.37. The Balaban J connectivity index is 2.35. The zero-order valence-corrected chi connectivity index (χ0v) is 7.74. The summed E-state index contributed by atoms with van der Waals surface area (Å²) in [4.78, 5) is 0. The lowest BCUT2D eigenvalue weighted by molar-refractivity contribution is 0.0587. The summed E-state index contributed by atoms with van der Waals surface area (Å²) in [7, 11) is 0. The van der Waals surface area contributed by atoms with Gasteiger partial charge < -0.3 is 9.84 Å². The maximum atomic E-state index is 9.64. The fourth-order valence-electron chi connectivity index (χ4n) is 1.56. The monoisotopic (exact) mass is 158 g/mol. The molecule has 0 radical (unpaired) electrons. The van der Waals surface area contributed by atoms with Crippen LogP contribution in [0.15, 0.2) is 0 Å². The average Bonchev–Trinajstić information content (AvgIpc) is 2.63. The molecule has 0 aromatic carbocycles. The first kappa shape index (κ1) is 9.01. The molecule has 1 aliphatic rings. The van der Waals surface area contributed by atoms with Crippen LogP contribution in [-0.4, -0.2) is 23.4 Å². The molecule has 0 saturated carbocycles. The fraction of sp³-hybridized carbons (Fsp3) is 1.00. The molecule has 1 rings (SSSR count). The normalized spacial score (nSPS) is 35.5. The minimum Gasteiger partial charge on any atom is -0.392 e. The van der Waals surface area contributed by atoms with Gasteiger partial charge in [-0.2, -0.15) is 0 Å². The van der Waals surface area contributed by atoms with Crippen molar-refractivity contribution in [3.05, 3.63) is 0 Å². The van der Waals surface area contributed by atoms with Crippen LogP contribution in [0, 0.1) is 11.8 Å². The first-order chi connectivity index (χ1) is 5.04. The van der Waals surface area contributed by atoms with Gasteiger partial charge in [-0.15, -0.1) is 0 Å². The molecule has 66 valence electrons. The molecule has 1 saturated heterocycles. The van der Waals surface area contributed by atoms with E-state index in [0.717, 1.165) is 0 Å². The highest BCUT2D eigenvalue weighted by atomic mass is 16.6. The van der Waals surface area contributed by atoms with Gasteiger partial charge in [-0.05, 0) is 12.8 Å². The average molecular weight is 158 g/mol. The van der Waals surface area contributed by atoms with Crippen LogP contribution in [0.3, 0.4) is 0 Å². The maximum Gasteiger partial charge on any atom is 0.0889 e. The van der Waals surface area contributed by atoms with Crippen LogP contribution in [0.5, 0.6) is 0 Å². The van der Waals surface area contributed by atoms with Crippen LogP contribution in [0.2, 0.25) is 0 Å². The third-order valence-electron chi connectivity index (χ3n) is 2.50. The minimum atomic E-state index is -0.218. The molecular weight excluding hydrogens is 140 g/mol. The predicted molar refractivity (Wildman–Crippen MR) is 44.3 cm³/mol. The fourth-order valence-corrected chi connectivity index (χ4v) is 1.56. The lowest BCUT2D eigenvalue weighted by Crippen LogP contribution is -2.28. The maximum absolute atomic E-state index is 9.64. The predicted octanol–water partition coefficient (Wildman–Crippen LogP) is 1.43. The number of ether oxygens (including phenoxy) is 1. The standard InChI is InChI=1S/C9H18O2/c1-5(2)8(10)6(3)9-7(4)11-9/h5-10H,1-4H3/t6-,7-,8+,9+/m1/s1. The second kappa shape index (κ2) is 3.11. The van der Waals surface area contributed by atoms with Gasteiger partial charge >= 0.3 is 0 Å². The lowest BCUT2D eigenvalue weighted by Gasteiger charge is -2.20. The largest absolute Gasteiger partial charge is 0.392 e. The third kappa shape index (κ3) is 1.94. The van der Waals surface area contributed by atoms with E-state index in [1.54, 1.807) is 0 Å². The third-order valence-corrected chi connectivity index (χ3v) is 2.50. The Hall–Kier alpha value is -0.0800. The molecule has 1 N–H and O–H groups in total. The van der Waals surface area contributed by atoms with Gasteiger partial charge in [-0.25, -0.2) is 0 Å². The number of epoxide rings is 1. The molecule has 0 spiro atoms. The van der Waals surface area contributed by atoms with Crippen molar-refractivity contribution >= 4 is 0 Å². The van der Waals surface area contributed by atoms with Gasteiger partial charge in [0.25, 0.3) is 0 Å². The van der Waals surface area contributed by atoms with E-state index in [-0.39, 0.29) is 12.0 Å². The molecule has 0 bridgehead atoms. The zero-order valence-electron chi connectivity index (χ0n) is 7.74. The number of aliphatic hydroxyl groups is 1. The van der Waals surface area contributed by atoms with E-state index in [4.69, 9.17) is 4.74 Å². The second-order valence-electron chi connectivity index (χ2n) is 3.90. The van der Waals surface area contributed by atoms with Crippen LogP contribution >= 0.6 is 0 Å². The van der Waals surface area contributed by atoms with Crippen molar-refractivity contribution in [3.63, 3.8) is 0 Å². The Kier molecular flexibility index (Phi) is 2.55. The van der Waals surface area contributed by atoms with Gasteiger partial charge in [-0.1, -0.05) is 20.8 Å². The summed E-state index contributed by atoms with van der Waals surface area (Å²) in [6.45, 7) is 8.18. The van der Waals surface area contributed by atoms with Crippen LogP contribution < -0.4 is 0 Å². The van der Waals surface area contributed by atoms with E-state index in [9.17, 15) is 5.11 Å². The highest BCUT2D eigenvalue weighted by Gasteiger charge is 2.42. The molecular formula is C9H18O2. The van der Waals surface area contributed by atoms with Crippen molar-refractivity contribution in [1.82, 2.24) is 0 Å². The van der Waals surface area contributed by atoms with E-state index < -0.39 is 0 Å². The topological polar surface area (TPSA) is 32.8 Å². The van der Waals surface area contributed by atoms with E-state index >= 15 is 0 Å². The van der Waals surface area contributed by atoms with Crippen molar-refractivity contribution in [1.29, 1.82) is 0 Å². The first-order valence-corrected chi connectivity index (χ1v) is 4.37. The van der Waals surface area contributed by atoms with Gasteiger partial charge in [0.05, 0.1) is 18.3 Å². The summed E-state index contributed by atoms with van der Waals surface area (Å²) in [6.07, 6.45) is 0.441. The van der Waals surface area contributed by atoms with E-state index in [1.165, 1.54) is 0 Å². The van der Waals surface area contributed by atoms with Gasteiger partial charge in [0.2, 0.25) is 0 Å². The van der Waals surface area contributed by atoms with Crippen molar-refractivity contribution in [3.8, 4) is 0 Å². The summed E-state index contributed by atoms with van der Waals surface area (Å²) in [5.41, 5.74) is 0. The van der Waals surface area contributed by atoms with Crippen LogP contribution in [0.1, 0.15) is 27.7 Å². The van der Waals surface area contributed by atoms with Crippen molar-refractivity contribution in [2.75, 3.05) is 0 Å². The summed E-state index contributed by atoms with van der Waals surface area (Å²) in [5.74, 6) is 0.617. The van der Waals surface area contributed by atoms with E-state index in [2.05, 4.69) is 6.92 Å². The van der Waals surface area contributed by atoms with Gasteiger partial charge in [0.15, 0.2) is 0 Å². The van der Waals surface area contributed by atoms with Crippen molar-refractivity contribution < 1.29 is 9.84 Å². The Morgan fingerprint density at radius 3 is 2.00 bits per heavy atom. The molecule has 0 aromatic heterocycles. The van der Waals surface area contributed by atoms with Crippen LogP contribution in [0.25, 0.3) is 0 Å². The molecule has 0 unspecified atom stereocenters. The van der Waals surface area contributed by atoms with Gasteiger partial charge in [0, 0.05) is 5.92 Å². The molecule has 11 heavy (non-hydrogen) atoms. The molecule has 0 aromatic rings. The molecule has 0 amide bonds. The highest BCUT2D eigenvalue weighted by Crippen LogP contribution is 2.32. The molecule has 2 heteroatoms. The Morgan fingerprint density at radius 1 is 1.27 bits per heavy atom.